The SMILES string of the molecule is Cc1ccc(OC2CNC2)cc1C(=O)NC(C)c1ccc(C#CC2CCN(CCCCCC(=O)N3CCC(c4ccc5c(c4)n(C)c(=O)n5C4CCC(=O)NC4=O)CC3)CC2)c2ccccc12. The minimum Gasteiger partial charge on any atom is -0.488 e. The van der Waals surface area contributed by atoms with Crippen LogP contribution in [-0.2, 0) is 21.4 Å². The van der Waals surface area contributed by atoms with Crippen LogP contribution in [0.3, 0.4) is 0 Å². The van der Waals surface area contributed by atoms with Gasteiger partial charge in [0.25, 0.3) is 5.91 Å². The summed E-state index contributed by atoms with van der Waals surface area (Å²) in [6.45, 7) is 10.2. The van der Waals surface area contributed by atoms with Gasteiger partial charge in [0.1, 0.15) is 17.9 Å². The number of carbonyl (C=O) groups excluding carboxylic acids is 4. The van der Waals surface area contributed by atoms with E-state index in [0.717, 1.165) is 129 Å². The highest BCUT2D eigenvalue weighted by Gasteiger charge is 2.32. The fourth-order valence-corrected chi connectivity index (χ4v) is 10.4. The average Bonchev–Trinajstić information content (AvgIpc) is 3.57. The van der Waals surface area contributed by atoms with Crippen molar-refractivity contribution in [3.05, 3.63) is 111 Å². The van der Waals surface area contributed by atoms with Crippen LogP contribution < -0.4 is 26.4 Å². The van der Waals surface area contributed by atoms with Gasteiger partial charge in [0.05, 0.1) is 17.1 Å². The first kappa shape index (κ1) is 45.9. The predicted octanol–water partition coefficient (Wildman–Crippen LogP) is 6.65. The number of carbonyl (C=O) groups is 4. The monoisotopic (exact) mass is 905 g/mol. The Morgan fingerprint density at radius 1 is 0.851 bits per heavy atom. The lowest BCUT2D eigenvalue weighted by Gasteiger charge is -2.32. The Hall–Kier alpha value is -6.23. The topological polar surface area (TPSA) is 147 Å². The average molecular weight is 906 g/mol. The van der Waals surface area contributed by atoms with Crippen LogP contribution in [0, 0.1) is 24.7 Å². The van der Waals surface area contributed by atoms with Gasteiger partial charge in [-0.05, 0) is 142 Å². The number of rotatable bonds is 13. The van der Waals surface area contributed by atoms with Gasteiger partial charge < -0.3 is 25.2 Å². The predicted molar refractivity (Wildman–Crippen MR) is 260 cm³/mol. The zero-order valence-corrected chi connectivity index (χ0v) is 39.1. The highest BCUT2D eigenvalue weighted by Crippen LogP contribution is 2.33. The van der Waals surface area contributed by atoms with E-state index in [0.29, 0.717) is 35.6 Å². The van der Waals surface area contributed by atoms with Gasteiger partial charge in [-0.3, -0.25) is 33.6 Å². The molecule has 4 fully saturated rings. The van der Waals surface area contributed by atoms with E-state index in [9.17, 15) is 24.0 Å². The van der Waals surface area contributed by atoms with E-state index in [-0.39, 0.29) is 47.9 Å². The molecule has 0 radical (unpaired) electrons. The van der Waals surface area contributed by atoms with E-state index in [1.54, 1.807) is 11.6 Å². The number of hydrogen-bond donors (Lipinski definition) is 3. The van der Waals surface area contributed by atoms with Gasteiger partial charge in [0, 0.05) is 63.1 Å². The summed E-state index contributed by atoms with van der Waals surface area (Å²) in [7, 11) is 1.72. The molecule has 5 aromatic rings. The van der Waals surface area contributed by atoms with Crippen LogP contribution in [0.15, 0.2) is 77.6 Å². The summed E-state index contributed by atoms with van der Waals surface area (Å²) in [5, 5.41) is 11.0. The Morgan fingerprint density at radius 3 is 2.37 bits per heavy atom. The fraction of sp³-hybridized carbons (Fsp3) is 0.463. The van der Waals surface area contributed by atoms with E-state index in [4.69, 9.17) is 4.74 Å². The van der Waals surface area contributed by atoms with Crippen LogP contribution in [-0.4, -0.2) is 94.5 Å². The zero-order chi connectivity index (χ0) is 46.6. The lowest BCUT2D eigenvalue weighted by Crippen LogP contribution is -2.50. The molecule has 9 rings (SSSR count). The fourth-order valence-electron chi connectivity index (χ4n) is 10.4. The second kappa shape index (κ2) is 20.3. The van der Waals surface area contributed by atoms with E-state index in [2.05, 4.69) is 69.1 Å². The molecule has 4 aliphatic heterocycles. The molecule has 0 spiro atoms. The van der Waals surface area contributed by atoms with Gasteiger partial charge in [-0.15, -0.1) is 0 Å². The van der Waals surface area contributed by atoms with Gasteiger partial charge >= 0.3 is 5.69 Å². The maximum Gasteiger partial charge on any atom is 0.329 e. The number of nitrogens with zero attached hydrogens (tertiary/aromatic N) is 4. The Balaban J connectivity index is 0.697. The molecule has 13 nitrogen and oxygen atoms in total. The van der Waals surface area contributed by atoms with Gasteiger partial charge in [-0.25, -0.2) is 4.79 Å². The number of benzene rings is 4. The number of hydrogen-bond acceptors (Lipinski definition) is 8. The van der Waals surface area contributed by atoms with Crippen molar-refractivity contribution in [2.45, 2.75) is 102 Å². The summed E-state index contributed by atoms with van der Waals surface area (Å²) >= 11 is 0. The molecule has 2 unspecified atom stereocenters. The number of aryl methyl sites for hydroxylation is 2. The maximum atomic E-state index is 13.5. The van der Waals surface area contributed by atoms with Crippen molar-refractivity contribution in [3.8, 4) is 17.6 Å². The Bertz CT molecular complexity index is 2800. The first-order chi connectivity index (χ1) is 32.5. The number of piperidine rings is 3. The van der Waals surface area contributed by atoms with Gasteiger partial charge in [-0.2, -0.15) is 0 Å². The van der Waals surface area contributed by atoms with Crippen molar-refractivity contribution in [1.82, 2.24) is 34.9 Å². The highest BCUT2D eigenvalue weighted by atomic mass is 16.5. The van der Waals surface area contributed by atoms with Crippen LogP contribution in [0.1, 0.15) is 122 Å². The molecule has 4 aromatic carbocycles. The van der Waals surface area contributed by atoms with Crippen molar-refractivity contribution >= 4 is 45.4 Å². The molecule has 0 bridgehead atoms. The summed E-state index contributed by atoms with van der Waals surface area (Å²) in [6, 6.07) is 23.4. The molecule has 0 aliphatic carbocycles. The van der Waals surface area contributed by atoms with Crippen LogP contribution >= 0.6 is 0 Å². The number of unbranched alkanes of at least 4 members (excludes halogenated alkanes) is 2. The number of amides is 4. The Labute approximate surface area is 392 Å². The number of nitrogens with one attached hydrogen (secondary N) is 3. The summed E-state index contributed by atoms with van der Waals surface area (Å²) in [4.78, 5) is 68.8. The summed E-state index contributed by atoms with van der Waals surface area (Å²) in [5.41, 5.74) is 5.95. The molecule has 3 N–H and O–H groups in total. The van der Waals surface area contributed by atoms with Crippen LogP contribution in [0.2, 0.25) is 0 Å². The minimum absolute atomic E-state index is 0.117. The smallest absolute Gasteiger partial charge is 0.329 e. The van der Waals surface area contributed by atoms with Crippen LogP contribution in [0.5, 0.6) is 5.75 Å². The molecular weight excluding hydrogens is 843 g/mol. The first-order valence-electron chi connectivity index (χ1n) is 24.4. The normalized spacial score (nSPS) is 19.1. The van der Waals surface area contributed by atoms with Crippen molar-refractivity contribution in [2.24, 2.45) is 13.0 Å². The number of ether oxygens (including phenoxy) is 1. The molecule has 67 heavy (non-hydrogen) atoms. The molecular formula is C54H63N7O6. The lowest BCUT2D eigenvalue weighted by molar-refractivity contribution is -0.136. The molecule has 4 amide bonds. The quantitative estimate of drug-likeness (QED) is 0.0677. The molecule has 5 heterocycles. The van der Waals surface area contributed by atoms with Crippen LogP contribution in [0.4, 0.5) is 0 Å². The van der Waals surface area contributed by atoms with Crippen molar-refractivity contribution in [3.63, 3.8) is 0 Å². The largest absolute Gasteiger partial charge is 0.488 e. The molecule has 1 aromatic heterocycles. The molecule has 2 atom stereocenters. The minimum atomic E-state index is -0.701. The third-order valence-electron chi connectivity index (χ3n) is 14.6. The Morgan fingerprint density at radius 2 is 1.63 bits per heavy atom. The number of imidazole rings is 1. The van der Waals surface area contributed by atoms with Crippen molar-refractivity contribution < 1.29 is 23.9 Å². The third-order valence-corrected chi connectivity index (χ3v) is 14.6. The van der Waals surface area contributed by atoms with Gasteiger partial charge in [0.15, 0.2) is 0 Å². The zero-order valence-electron chi connectivity index (χ0n) is 39.1. The summed E-state index contributed by atoms with van der Waals surface area (Å²) < 4.78 is 9.13. The number of fused-ring (bicyclic) bond motifs is 2. The van der Waals surface area contributed by atoms with E-state index in [1.165, 1.54) is 4.57 Å². The standard InChI is InChI=1S/C54H63N7O6/c1-35-12-17-41(67-42-33-55-34-42)32-46(35)52(64)56-36(2)43-18-15-39(44-9-6-7-10-45(43)44)14-13-37-22-27-59(28-23-37)26-8-4-5-11-51(63)60-29-24-38(25-30-60)40-16-19-47-49(31-40)58(3)54(66)61(47)48-20-21-50(62)57-53(48)65/h6-7,9-10,12,15-19,31-32,36-38,42,48,55H,4-5,8,11,20-30,33-34H2,1-3H3,(H,56,64)(H,57,62,65). The van der Waals surface area contributed by atoms with Gasteiger partial charge in [0.2, 0.25) is 17.7 Å². The van der Waals surface area contributed by atoms with Crippen LogP contribution in [0.25, 0.3) is 21.8 Å². The number of aromatic nitrogens is 2. The van der Waals surface area contributed by atoms with E-state index >= 15 is 0 Å². The number of likely N-dealkylation sites (tertiary alicyclic amines) is 2. The summed E-state index contributed by atoms with van der Waals surface area (Å²) in [6.07, 6.45) is 8.09. The molecule has 13 heteroatoms. The lowest BCUT2D eigenvalue weighted by atomic mass is 9.89. The summed E-state index contributed by atoms with van der Waals surface area (Å²) in [5.74, 6) is 7.87. The molecule has 350 valence electrons. The molecule has 0 saturated carbocycles. The van der Waals surface area contributed by atoms with E-state index in [1.807, 2.05) is 55.1 Å². The highest BCUT2D eigenvalue weighted by molar-refractivity contribution is 6.00. The van der Waals surface area contributed by atoms with Gasteiger partial charge in [-0.1, -0.05) is 60.7 Å². The third kappa shape index (κ3) is 10.2. The first-order valence-corrected chi connectivity index (χ1v) is 24.4. The van der Waals surface area contributed by atoms with E-state index < -0.39 is 11.9 Å². The Kier molecular flexibility index (Phi) is 13.9. The van der Waals surface area contributed by atoms with Crippen molar-refractivity contribution in [2.75, 3.05) is 45.8 Å². The molecule has 4 saturated heterocycles. The number of imide groups is 1. The molecule has 4 aliphatic rings. The van der Waals surface area contributed by atoms with Crippen molar-refractivity contribution in [1.29, 1.82) is 0 Å². The second-order valence-electron chi connectivity index (χ2n) is 19.1. The second-order valence-corrected chi connectivity index (χ2v) is 19.1. The maximum absolute atomic E-state index is 13.5.